The third-order valence-corrected chi connectivity index (χ3v) is 3.06. The molecule has 4 nitrogen and oxygen atoms in total. The standard InChI is InChI=1S/C13H14FNO3/c14-9-3-1-8(2-4-9)10-7-11(10)13(18)15-6-5-12(16)17/h1-4,10-11H,5-7H2,(H,15,18)(H,16,17). The van der Waals surface area contributed by atoms with Gasteiger partial charge in [-0.15, -0.1) is 0 Å². The lowest BCUT2D eigenvalue weighted by Crippen LogP contribution is -2.27. The third kappa shape index (κ3) is 3.06. The van der Waals surface area contributed by atoms with E-state index in [9.17, 15) is 14.0 Å². The summed E-state index contributed by atoms with van der Waals surface area (Å²) in [6.45, 7) is 0.154. The Morgan fingerprint density at radius 2 is 2.00 bits per heavy atom. The van der Waals surface area contributed by atoms with E-state index in [1.807, 2.05) is 0 Å². The zero-order valence-electron chi connectivity index (χ0n) is 9.73. The molecule has 1 aromatic carbocycles. The summed E-state index contributed by atoms with van der Waals surface area (Å²) in [5, 5.41) is 11.0. The summed E-state index contributed by atoms with van der Waals surface area (Å²) in [5.41, 5.74) is 0.954. The van der Waals surface area contributed by atoms with Gasteiger partial charge in [0.2, 0.25) is 5.91 Å². The van der Waals surface area contributed by atoms with Crippen LogP contribution in [0.25, 0.3) is 0 Å². The van der Waals surface area contributed by atoms with Gasteiger partial charge in [0, 0.05) is 12.5 Å². The molecule has 1 aliphatic rings. The highest BCUT2D eigenvalue weighted by Gasteiger charge is 2.43. The molecule has 2 unspecified atom stereocenters. The van der Waals surface area contributed by atoms with Crippen LogP contribution in [0.1, 0.15) is 24.3 Å². The number of carboxylic acid groups (broad SMARTS) is 1. The Morgan fingerprint density at radius 1 is 1.33 bits per heavy atom. The Morgan fingerprint density at radius 3 is 2.61 bits per heavy atom. The van der Waals surface area contributed by atoms with Crippen LogP contribution in [-0.4, -0.2) is 23.5 Å². The predicted molar refractivity (Wildman–Crippen MR) is 62.5 cm³/mol. The van der Waals surface area contributed by atoms with Gasteiger partial charge in [0.25, 0.3) is 0 Å². The first-order chi connectivity index (χ1) is 8.58. The molecule has 1 aromatic rings. The van der Waals surface area contributed by atoms with E-state index in [2.05, 4.69) is 5.32 Å². The van der Waals surface area contributed by atoms with Gasteiger partial charge in [0.05, 0.1) is 6.42 Å². The number of aliphatic carboxylic acids is 1. The fourth-order valence-electron chi connectivity index (χ4n) is 1.99. The summed E-state index contributed by atoms with van der Waals surface area (Å²) in [7, 11) is 0. The summed E-state index contributed by atoms with van der Waals surface area (Å²) in [4.78, 5) is 22.0. The molecule has 2 N–H and O–H groups in total. The number of nitrogens with one attached hydrogen (secondary N) is 1. The van der Waals surface area contributed by atoms with E-state index in [-0.39, 0.29) is 36.5 Å². The first-order valence-electron chi connectivity index (χ1n) is 5.83. The van der Waals surface area contributed by atoms with Crippen molar-refractivity contribution in [3.63, 3.8) is 0 Å². The van der Waals surface area contributed by atoms with Gasteiger partial charge >= 0.3 is 5.97 Å². The number of carbonyl (C=O) groups is 2. The minimum atomic E-state index is -0.929. The number of halogens is 1. The van der Waals surface area contributed by atoms with Crippen molar-refractivity contribution in [2.45, 2.75) is 18.8 Å². The third-order valence-electron chi connectivity index (χ3n) is 3.06. The zero-order valence-corrected chi connectivity index (χ0v) is 9.73. The average molecular weight is 251 g/mol. The predicted octanol–water partition coefficient (Wildman–Crippen LogP) is 1.52. The van der Waals surface area contributed by atoms with Crippen molar-refractivity contribution in [1.82, 2.24) is 5.32 Å². The number of hydrogen-bond donors (Lipinski definition) is 2. The number of hydrogen-bond acceptors (Lipinski definition) is 2. The molecule has 0 spiro atoms. The van der Waals surface area contributed by atoms with Crippen LogP contribution in [-0.2, 0) is 9.59 Å². The topological polar surface area (TPSA) is 66.4 Å². The van der Waals surface area contributed by atoms with E-state index in [4.69, 9.17) is 5.11 Å². The first-order valence-corrected chi connectivity index (χ1v) is 5.83. The van der Waals surface area contributed by atoms with Crippen molar-refractivity contribution >= 4 is 11.9 Å². The van der Waals surface area contributed by atoms with E-state index >= 15 is 0 Å². The smallest absolute Gasteiger partial charge is 0.305 e. The molecule has 0 heterocycles. The summed E-state index contributed by atoms with van der Waals surface area (Å²) < 4.78 is 12.7. The maximum Gasteiger partial charge on any atom is 0.305 e. The lowest BCUT2D eigenvalue weighted by atomic mass is 10.1. The van der Waals surface area contributed by atoms with Crippen molar-refractivity contribution in [3.05, 3.63) is 35.6 Å². The molecular weight excluding hydrogens is 237 g/mol. The van der Waals surface area contributed by atoms with E-state index in [0.717, 1.165) is 12.0 Å². The highest BCUT2D eigenvalue weighted by atomic mass is 19.1. The number of benzene rings is 1. The van der Waals surface area contributed by atoms with Gasteiger partial charge in [0.1, 0.15) is 5.82 Å². The molecule has 96 valence electrons. The molecule has 2 atom stereocenters. The normalized spacial score (nSPS) is 21.4. The van der Waals surface area contributed by atoms with Gasteiger partial charge in [-0.05, 0) is 30.0 Å². The first kappa shape index (κ1) is 12.5. The van der Waals surface area contributed by atoms with Crippen molar-refractivity contribution in [3.8, 4) is 0 Å². The van der Waals surface area contributed by atoms with Gasteiger partial charge in [-0.25, -0.2) is 4.39 Å². The number of carboxylic acids is 1. The van der Waals surface area contributed by atoms with Crippen LogP contribution in [0.4, 0.5) is 4.39 Å². The minimum Gasteiger partial charge on any atom is -0.481 e. The molecule has 1 saturated carbocycles. The van der Waals surface area contributed by atoms with Crippen LogP contribution in [0, 0.1) is 11.7 Å². The summed E-state index contributed by atoms with van der Waals surface area (Å²) >= 11 is 0. The van der Waals surface area contributed by atoms with Crippen LogP contribution >= 0.6 is 0 Å². The van der Waals surface area contributed by atoms with Gasteiger partial charge in [-0.1, -0.05) is 12.1 Å². The number of carbonyl (C=O) groups excluding carboxylic acids is 1. The Hall–Kier alpha value is -1.91. The summed E-state index contributed by atoms with van der Waals surface area (Å²) in [6.07, 6.45) is 0.671. The van der Waals surface area contributed by atoms with Crippen molar-refractivity contribution in [1.29, 1.82) is 0 Å². The van der Waals surface area contributed by atoms with E-state index in [0.29, 0.717) is 0 Å². The largest absolute Gasteiger partial charge is 0.481 e. The monoisotopic (exact) mass is 251 g/mol. The molecule has 0 radical (unpaired) electrons. The van der Waals surface area contributed by atoms with Gasteiger partial charge in [-0.2, -0.15) is 0 Å². The molecule has 5 heteroatoms. The summed E-state index contributed by atoms with van der Waals surface area (Å²) in [6, 6.07) is 6.13. The molecule has 1 aliphatic carbocycles. The zero-order chi connectivity index (χ0) is 13.1. The molecule has 0 aromatic heterocycles. The van der Waals surface area contributed by atoms with Crippen molar-refractivity contribution < 1.29 is 19.1 Å². The molecule has 1 amide bonds. The second-order valence-corrected chi connectivity index (χ2v) is 4.44. The fourth-order valence-corrected chi connectivity index (χ4v) is 1.99. The quantitative estimate of drug-likeness (QED) is 0.833. The Bertz CT molecular complexity index is 458. The Balaban J connectivity index is 1.81. The second kappa shape index (κ2) is 5.16. The van der Waals surface area contributed by atoms with Crippen molar-refractivity contribution in [2.24, 2.45) is 5.92 Å². The molecular formula is C13H14FNO3. The SMILES string of the molecule is O=C(O)CCNC(=O)C1CC1c1ccc(F)cc1. The van der Waals surface area contributed by atoms with Gasteiger partial charge in [0.15, 0.2) is 0 Å². The van der Waals surface area contributed by atoms with Gasteiger partial charge < -0.3 is 10.4 Å². The van der Waals surface area contributed by atoms with E-state index in [1.165, 1.54) is 12.1 Å². The molecule has 0 saturated heterocycles. The fraction of sp³-hybridized carbons (Fsp3) is 0.385. The van der Waals surface area contributed by atoms with E-state index < -0.39 is 5.97 Å². The average Bonchev–Trinajstić information content (AvgIpc) is 3.09. The van der Waals surface area contributed by atoms with E-state index in [1.54, 1.807) is 12.1 Å². The van der Waals surface area contributed by atoms with Crippen LogP contribution in [0.3, 0.4) is 0 Å². The Kier molecular flexibility index (Phi) is 3.60. The Labute approximate surface area is 104 Å². The van der Waals surface area contributed by atoms with Gasteiger partial charge in [-0.3, -0.25) is 9.59 Å². The highest BCUT2D eigenvalue weighted by molar-refractivity contribution is 5.83. The molecule has 18 heavy (non-hydrogen) atoms. The maximum absolute atomic E-state index is 12.7. The van der Waals surface area contributed by atoms with Crippen LogP contribution < -0.4 is 5.32 Å². The van der Waals surface area contributed by atoms with Crippen LogP contribution in [0.2, 0.25) is 0 Å². The minimum absolute atomic E-state index is 0.0698. The molecule has 1 fully saturated rings. The second-order valence-electron chi connectivity index (χ2n) is 4.44. The molecule has 2 rings (SSSR count). The molecule has 0 aliphatic heterocycles. The lowest BCUT2D eigenvalue weighted by Gasteiger charge is -2.03. The van der Waals surface area contributed by atoms with Crippen molar-refractivity contribution in [2.75, 3.05) is 6.54 Å². The highest BCUT2D eigenvalue weighted by Crippen LogP contribution is 2.47. The lowest BCUT2D eigenvalue weighted by molar-refractivity contribution is -0.136. The van der Waals surface area contributed by atoms with Crippen LogP contribution in [0.5, 0.6) is 0 Å². The number of rotatable bonds is 5. The summed E-state index contributed by atoms with van der Waals surface area (Å²) in [5.74, 6) is -1.31. The molecule has 0 bridgehead atoms. The van der Waals surface area contributed by atoms with Crippen LogP contribution in [0.15, 0.2) is 24.3 Å². The number of amides is 1. The maximum atomic E-state index is 12.7.